The molecule has 2 heterocycles. The number of esters is 1. The van der Waals surface area contributed by atoms with E-state index < -0.39 is 47.4 Å². The van der Waals surface area contributed by atoms with E-state index in [-0.39, 0.29) is 29.9 Å². The third kappa shape index (κ3) is 7.43. The summed E-state index contributed by atoms with van der Waals surface area (Å²) in [6, 6.07) is 0. The normalized spacial score (nSPS) is 13.0. The van der Waals surface area contributed by atoms with E-state index in [2.05, 4.69) is 5.32 Å². The first-order valence-electron chi connectivity index (χ1n) is 10.6. The summed E-state index contributed by atoms with van der Waals surface area (Å²) in [6.45, 7) is 12.1. The number of halogens is 3. The summed E-state index contributed by atoms with van der Waals surface area (Å²) >= 11 is 1.09. The first-order valence-corrected chi connectivity index (χ1v) is 11.5. The molecule has 0 radical (unpaired) electrons. The highest BCUT2D eigenvalue weighted by atomic mass is 32.1. The predicted molar refractivity (Wildman–Crippen MR) is 123 cm³/mol. The van der Waals surface area contributed by atoms with Crippen molar-refractivity contribution in [2.75, 3.05) is 6.54 Å². The quantitative estimate of drug-likeness (QED) is 0.593. The molecule has 0 aliphatic rings. The first kappa shape index (κ1) is 27.1. The van der Waals surface area contributed by atoms with Crippen molar-refractivity contribution in [3.63, 3.8) is 0 Å². The zero-order valence-corrected chi connectivity index (χ0v) is 20.9. The van der Waals surface area contributed by atoms with Gasteiger partial charge in [0.05, 0.1) is 18.4 Å². The number of aromatic nitrogens is 2. The van der Waals surface area contributed by atoms with Crippen molar-refractivity contribution in [3.05, 3.63) is 31.3 Å². The van der Waals surface area contributed by atoms with Crippen molar-refractivity contribution in [1.82, 2.24) is 14.5 Å². The fourth-order valence-corrected chi connectivity index (χ4v) is 4.60. The lowest BCUT2D eigenvalue weighted by Crippen LogP contribution is -2.42. The second-order valence-electron chi connectivity index (χ2n) is 10.3. The molecule has 2 aromatic rings. The van der Waals surface area contributed by atoms with Gasteiger partial charge >= 0.3 is 17.8 Å². The van der Waals surface area contributed by atoms with E-state index in [1.165, 1.54) is 0 Å². The number of aryl methyl sites for hydroxylation is 2. The van der Waals surface area contributed by atoms with Crippen LogP contribution in [0.4, 0.5) is 13.2 Å². The predicted octanol–water partition coefficient (Wildman–Crippen LogP) is 3.96. The number of fused-ring (bicyclic) bond motifs is 1. The summed E-state index contributed by atoms with van der Waals surface area (Å²) in [6.07, 6.45) is -5.63. The van der Waals surface area contributed by atoms with Gasteiger partial charge in [-0.05, 0) is 38.7 Å². The monoisotopic (exact) mass is 491 g/mol. The number of hydrogen-bond acceptors (Lipinski definition) is 6. The molecule has 7 nitrogen and oxygen atoms in total. The molecule has 0 saturated carbocycles. The van der Waals surface area contributed by atoms with Gasteiger partial charge in [-0.15, -0.1) is 11.3 Å². The van der Waals surface area contributed by atoms with Crippen LogP contribution in [-0.2, 0) is 29.2 Å². The summed E-state index contributed by atoms with van der Waals surface area (Å²) < 4.78 is 46.1. The van der Waals surface area contributed by atoms with Crippen molar-refractivity contribution in [1.29, 1.82) is 0 Å². The Hall–Kier alpha value is -2.14. The average molecular weight is 492 g/mol. The fraction of sp³-hybridized carbons (Fsp3) is 0.682. The van der Waals surface area contributed by atoms with Crippen LogP contribution in [0.25, 0.3) is 10.2 Å². The number of alkyl halides is 3. The van der Waals surface area contributed by atoms with Crippen molar-refractivity contribution in [3.8, 4) is 0 Å². The highest BCUT2D eigenvalue weighted by Gasteiger charge is 2.29. The molecule has 0 bridgehead atoms. The molecule has 0 unspecified atom stereocenters. The maximum absolute atomic E-state index is 13.2. The number of hydrogen-bond donors (Lipinski definition) is 1. The molecule has 2 aromatic heterocycles. The second kappa shape index (κ2) is 9.61. The lowest BCUT2D eigenvalue weighted by atomic mass is 9.97. The molecule has 1 N–H and O–H groups in total. The van der Waals surface area contributed by atoms with E-state index >= 15 is 0 Å². The largest absolute Gasteiger partial charge is 0.459 e. The van der Waals surface area contributed by atoms with Gasteiger partial charge in [0.2, 0.25) is 0 Å². The van der Waals surface area contributed by atoms with Crippen molar-refractivity contribution in [2.24, 2.45) is 5.41 Å². The van der Waals surface area contributed by atoms with Crippen LogP contribution in [0.15, 0.2) is 9.59 Å². The van der Waals surface area contributed by atoms with Crippen LogP contribution in [0, 0.1) is 12.3 Å². The van der Waals surface area contributed by atoms with Crippen LogP contribution < -0.4 is 16.6 Å². The summed E-state index contributed by atoms with van der Waals surface area (Å²) in [4.78, 5) is 39.0. The van der Waals surface area contributed by atoms with Crippen LogP contribution in [0.5, 0.6) is 0 Å². The third-order valence-corrected chi connectivity index (χ3v) is 5.93. The molecule has 2 rings (SSSR count). The zero-order chi connectivity index (χ0) is 25.4. The van der Waals surface area contributed by atoms with E-state index in [0.717, 1.165) is 20.5 Å². The second-order valence-corrected chi connectivity index (χ2v) is 11.4. The highest BCUT2D eigenvalue weighted by molar-refractivity contribution is 7.18. The Morgan fingerprint density at radius 2 is 1.67 bits per heavy atom. The third-order valence-electron chi connectivity index (χ3n) is 4.62. The van der Waals surface area contributed by atoms with Gasteiger partial charge in [0, 0.05) is 24.5 Å². The minimum absolute atomic E-state index is 0.0694. The first-order chi connectivity index (χ1) is 14.9. The van der Waals surface area contributed by atoms with E-state index in [0.29, 0.717) is 10.4 Å². The molecular weight excluding hydrogens is 459 g/mol. The Morgan fingerprint density at radius 3 is 2.18 bits per heavy atom. The molecule has 0 aromatic carbocycles. The smallest absolute Gasteiger partial charge is 0.390 e. The molecule has 0 spiro atoms. The zero-order valence-electron chi connectivity index (χ0n) is 20.1. The van der Waals surface area contributed by atoms with Gasteiger partial charge in [0.25, 0.3) is 5.56 Å². The van der Waals surface area contributed by atoms with Crippen LogP contribution in [0.3, 0.4) is 0 Å². The number of nitrogens with one attached hydrogen (secondary N) is 1. The van der Waals surface area contributed by atoms with Crippen molar-refractivity contribution in [2.45, 2.75) is 86.3 Å². The number of carbonyl (C=O) groups excluding carboxylic acids is 1. The average Bonchev–Trinajstić information content (AvgIpc) is 2.92. The molecule has 0 aliphatic carbocycles. The molecule has 0 amide bonds. The summed E-state index contributed by atoms with van der Waals surface area (Å²) in [5.41, 5.74) is -1.74. The fourth-order valence-electron chi connectivity index (χ4n) is 3.31. The number of rotatable bonds is 7. The van der Waals surface area contributed by atoms with Gasteiger partial charge in [-0.25, -0.2) is 4.79 Å². The van der Waals surface area contributed by atoms with Crippen molar-refractivity contribution >= 4 is 27.5 Å². The molecule has 33 heavy (non-hydrogen) atoms. The molecule has 0 fully saturated rings. The van der Waals surface area contributed by atoms with E-state index in [1.54, 1.807) is 27.7 Å². The maximum atomic E-state index is 13.2. The standard InChI is InChI=1S/C22H32F3N3O4S/c1-13-14(10-26-11-15(29)32-21(5,6)7)33-18-16(13)17(30)28(12-20(2,3)4)19(31)27(18)9-8-22(23,24)25/h26H,8-12H2,1-7H3. The number of nitrogens with zero attached hydrogens (tertiary/aromatic N) is 2. The minimum Gasteiger partial charge on any atom is -0.459 e. The summed E-state index contributed by atoms with van der Waals surface area (Å²) in [5, 5.41) is 3.18. The van der Waals surface area contributed by atoms with Crippen LogP contribution in [-0.4, -0.2) is 33.4 Å². The van der Waals surface area contributed by atoms with E-state index in [9.17, 15) is 27.6 Å². The van der Waals surface area contributed by atoms with Gasteiger partial charge in [0.1, 0.15) is 10.4 Å². The Bertz CT molecular complexity index is 1130. The topological polar surface area (TPSA) is 82.3 Å². The minimum atomic E-state index is -4.44. The highest BCUT2D eigenvalue weighted by Crippen LogP contribution is 2.29. The lowest BCUT2D eigenvalue weighted by Gasteiger charge is -2.20. The number of thiophene rings is 1. The lowest BCUT2D eigenvalue weighted by molar-refractivity contribution is -0.153. The maximum Gasteiger partial charge on any atom is 0.390 e. The SMILES string of the molecule is Cc1c(CNCC(=O)OC(C)(C)C)sc2c1c(=O)n(CC(C)(C)C)c(=O)n2CCC(F)(F)F. The van der Waals surface area contributed by atoms with Gasteiger partial charge < -0.3 is 10.1 Å². The van der Waals surface area contributed by atoms with Crippen LogP contribution in [0.2, 0.25) is 0 Å². The van der Waals surface area contributed by atoms with Gasteiger partial charge in [0.15, 0.2) is 0 Å². The Kier molecular flexibility index (Phi) is 7.90. The van der Waals surface area contributed by atoms with Gasteiger partial charge in [-0.2, -0.15) is 13.2 Å². The Morgan fingerprint density at radius 1 is 1.06 bits per heavy atom. The van der Waals surface area contributed by atoms with Crippen molar-refractivity contribution < 1.29 is 22.7 Å². The molecule has 0 aliphatic heterocycles. The van der Waals surface area contributed by atoms with Gasteiger partial charge in [-0.1, -0.05) is 20.8 Å². The van der Waals surface area contributed by atoms with Crippen LogP contribution >= 0.6 is 11.3 Å². The number of carbonyl (C=O) groups is 1. The molecule has 186 valence electrons. The van der Waals surface area contributed by atoms with Gasteiger partial charge in [-0.3, -0.25) is 18.7 Å². The molecule has 0 atom stereocenters. The molecule has 11 heteroatoms. The van der Waals surface area contributed by atoms with E-state index in [4.69, 9.17) is 4.74 Å². The van der Waals surface area contributed by atoms with Crippen LogP contribution in [0.1, 0.15) is 58.4 Å². The Labute approximate surface area is 194 Å². The summed E-state index contributed by atoms with van der Waals surface area (Å²) in [7, 11) is 0. The Balaban J connectivity index is 2.49. The summed E-state index contributed by atoms with van der Waals surface area (Å²) in [5.74, 6) is -0.448. The van der Waals surface area contributed by atoms with E-state index in [1.807, 2.05) is 20.8 Å². The number of ether oxygens (including phenoxy) is 1. The molecule has 0 saturated heterocycles. The molecular formula is C22H32F3N3O4S.